The summed E-state index contributed by atoms with van der Waals surface area (Å²) in [7, 11) is 0. The topological polar surface area (TPSA) is 60.9 Å². The van der Waals surface area contributed by atoms with Crippen molar-refractivity contribution in [1.29, 1.82) is 0 Å². The highest BCUT2D eigenvalue weighted by Crippen LogP contribution is 2.30. The average molecular weight is 327 g/mol. The van der Waals surface area contributed by atoms with Crippen molar-refractivity contribution in [3.8, 4) is 0 Å². The summed E-state index contributed by atoms with van der Waals surface area (Å²) in [6, 6.07) is 7.33. The summed E-state index contributed by atoms with van der Waals surface area (Å²) >= 11 is 0. The van der Waals surface area contributed by atoms with Crippen molar-refractivity contribution >= 4 is 17.8 Å². The molecule has 0 N–H and O–H groups in total. The molecule has 0 atom stereocenters. The first kappa shape index (κ1) is 15.2. The number of urea groups is 1. The van der Waals surface area contributed by atoms with Crippen LogP contribution in [0.2, 0.25) is 0 Å². The molecular weight excluding hydrogens is 306 g/mol. The summed E-state index contributed by atoms with van der Waals surface area (Å²) in [5.74, 6) is -0.0728. The van der Waals surface area contributed by atoms with E-state index in [2.05, 4.69) is 0 Å². The van der Waals surface area contributed by atoms with Crippen LogP contribution in [-0.2, 0) is 11.3 Å². The maximum absolute atomic E-state index is 12.3. The minimum Gasteiger partial charge on any atom is -0.339 e. The lowest BCUT2D eigenvalue weighted by Crippen LogP contribution is -2.33. The molecule has 6 heteroatoms. The summed E-state index contributed by atoms with van der Waals surface area (Å²) < 4.78 is 0. The zero-order valence-corrected chi connectivity index (χ0v) is 13.6. The Hall–Kier alpha value is -2.37. The molecular formula is C18H21N3O3. The van der Waals surface area contributed by atoms with Gasteiger partial charge >= 0.3 is 6.03 Å². The first-order chi connectivity index (χ1) is 11.6. The van der Waals surface area contributed by atoms with Gasteiger partial charge in [-0.2, -0.15) is 0 Å². The van der Waals surface area contributed by atoms with E-state index in [1.54, 1.807) is 17.0 Å². The number of likely N-dealkylation sites (tertiary alicyclic amines) is 1. The molecule has 1 aliphatic carbocycles. The average Bonchev–Trinajstić information content (AvgIpc) is 3.21. The van der Waals surface area contributed by atoms with Crippen molar-refractivity contribution in [1.82, 2.24) is 14.7 Å². The molecule has 3 fully saturated rings. The zero-order valence-electron chi connectivity index (χ0n) is 13.6. The molecule has 0 spiro atoms. The molecule has 4 rings (SSSR count). The molecule has 2 aliphatic heterocycles. The van der Waals surface area contributed by atoms with Crippen molar-refractivity contribution in [2.24, 2.45) is 0 Å². The van der Waals surface area contributed by atoms with Crippen molar-refractivity contribution < 1.29 is 14.4 Å². The smallest absolute Gasteiger partial charge is 0.327 e. The molecule has 0 unspecified atom stereocenters. The van der Waals surface area contributed by atoms with Gasteiger partial charge < -0.3 is 9.80 Å². The number of carbonyl (C=O) groups is 3. The molecule has 0 aromatic heterocycles. The fourth-order valence-corrected chi connectivity index (χ4v) is 3.43. The van der Waals surface area contributed by atoms with Gasteiger partial charge in [0.2, 0.25) is 0 Å². The van der Waals surface area contributed by atoms with Crippen molar-refractivity contribution in [3.05, 3.63) is 35.4 Å². The summed E-state index contributed by atoms with van der Waals surface area (Å²) in [6.45, 7) is 2.14. The molecule has 0 bridgehead atoms. The zero-order chi connectivity index (χ0) is 16.7. The molecule has 6 nitrogen and oxygen atoms in total. The Morgan fingerprint density at radius 1 is 1.04 bits per heavy atom. The van der Waals surface area contributed by atoms with E-state index >= 15 is 0 Å². The van der Waals surface area contributed by atoms with Gasteiger partial charge in [0.1, 0.15) is 6.54 Å². The molecule has 4 amide bonds. The van der Waals surface area contributed by atoms with Gasteiger partial charge in [0.15, 0.2) is 0 Å². The lowest BCUT2D eigenvalue weighted by atomic mass is 10.1. The molecule has 3 aliphatic rings. The Kier molecular flexibility index (Phi) is 3.75. The second kappa shape index (κ2) is 5.92. The number of benzene rings is 1. The molecule has 1 aromatic carbocycles. The van der Waals surface area contributed by atoms with Crippen molar-refractivity contribution in [2.75, 3.05) is 19.6 Å². The number of amides is 4. The third kappa shape index (κ3) is 2.77. The Morgan fingerprint density at radius 3 is 2.33 bits per heavy atom. The van der Waals surface area contributed by atoms with E-state index in [4.69, 9.17) is 0 Å². The van der Waals surface area contributed by atoms with Gasteiger partial charge in [-0.15, -0.1) is 0 Å². The second-order valence-corrected chi connectivity index (χ2v) is 6.82. The van der Waals surface area contributed by atoms with Crippen LogP contribution in [0.3, 0.4) is 0 Å². The number of hydrogen-bond donors (Lipinski definition) is 0. The van der Waals surface area contributed by atoms with E-state index in [9.17, 15) is 14.4 Å². The number of imide groups is 1. The fraction of sp³-hybridized carbons (Fsp3) is 0.500. The first-order valence-electron chi connectivity index (χ1n) is 8.62. The van der Waals surface area contributed by atoms with Crippen LogP contribution in [0.5, 0.6) is 0 Å². The third-order valence-corrected chi connectivity index (χ3v) is 5.01. The number of rotatable bonds is 4. The van der Waals surface area contributed by atoms with Crippen LogP contribution in [0.1, 0.15) is 41.6 Å². The van der Waals surface area contributed by atoms with E-state index in [1.165, 1.54) is 4.90 Å². The minimum atomic E-state index is -0.181. The Labute approximate surface area is 141 Å². The largest absolute Gasteiger partial charge is 0.339 e. The summed E-state index contributed by atoms with van der Waals surface area (Å²) in [5.41, 5.74) is 1.53. The molecule has 24 heavy (non-hydrogen) atoms. The highest BCUT2D eigenvalue weighted by Gasteiger charge is 2.43. The third-order valence-electron chi connectivity index (χ3n) is 5.01. The van der Waals surface area contributed by atoms with Crippen LogP contribution >= 0.6 is 0 Å². The van der Waals surface area contributed by atoms with E-state index in [-0.39, 0.29) is 37.0 Å². The predicted octanol–water partition coefficient (Wildman–Crippen LogP) is 1.85. The van der Waals surface area contributed by atoms with E-state index in [0.29, 0.717) is 5.56 Å². The molecule has 1 saturated carbocycles. The van der Waals surface area contributed by atoms with Gasteiger partial charge in [-0.1, -0.05) is 12.1 Å². The molecule has 126 valence electrons. The molecule has 2 saturated heterocycles. The molecule has 0 radical (unpaired) electrons. The van der Waals surface area contributed by atoms with Gasteiger partial charge in [-0.05, 0) is 43.4 Å². The van der Waals surface area contributed by atoms with E-state index < -0.39 is 0 Å². The lowest BCUT2D eigenvalue weighted by molar-refractivity contribution is -0.125. The van der Waals surface area contributed by atoms with Crippen molar-refractivity contribution in [2.45, 2.75) is 38.3 Å². The highest BCUT2D eigenvalue weighted by molar-refractivity contribution is 6.02. The van der Waals surface area contributed by atoms with Gasteiger partial charge in [0, 0.05) is 24.7 Å². The Bertz CT molecular complexity index is 675. The van der Waals surface area contributed by atoms with Crippen LogP contribution in [0.4, 0.5) is 4.79 Å². The first-order valence-corrected chi connectivity index (χ1v) is 8.62. The quantitative estimate of drug-likeness (QED) is 0.793. The lowest BCUT2D eigenvalue weighted by Gasteiger charge is -2.17. The molecule has 1 aromatic rings. The number of hydrogen-bond acceptors (Lipinski definition) is 3. The normalized spacial score (nSPS) is 21.1. The summed E-state index contributed by atoms with van der Waals surface area (Å²) in [4.78, 5) is 41.6. The van der Waals surface area contributed by atoms with Crippen LogP contribution in [0.15, 0.2) is 24.3 Å². The number of carbonyl (C=O) groups excluding carboxylic acids is 3. The molecule has 2 heterocycles. The van der Waals surface area contributed by atoms with E-state index in [1.807, 2.05) is 17.0 Å². The SMILES string of the molecule is O=C(c1ccc(CN2C(=O)CN(C3CC3)C2=O)cc1)N1CCCC1. The van der Waals surface area contributed by atoms with E-state index in [0.717, 1.165) is 44.3 Å². The van der Waals surface area contributed by atoms with Crippen LogP contribution in [0.25, 0.3) is 0 Å². The number of nitrogens with zero attached hydrogens (tertiary/aromatic N) is 3. The van der Waals surface area contributed by atoms with Gasteiger partial charge in [-0.25, -0.2) is 4.79 Å². The van der Waals surface area contributed by atoms with Gasteiger partial charge in [-0.3, -0.25) is 14.5 Å². The van der Waals surface area contributed by atoms with Gasteiger partial charge in [0.05, 0.1) is 6.54 Å². The van der Waals surface area contributed by atoms with Crippen molar-refractivity contribution in [3.63, 3.8) is 0 Å². The van der Waals surface area contributed by atoms with Gasteiger partial charge in [0.25, 0.3) is 11.8 Å². The maximum Gasteiger partial charge on any atom is 0.327 e. The van der Waals surface area contributed by atoms with Crippen LogP contribution < -0.4 is 0 Å². The predicted molar refractivity (Wildman–Crippen MR) is 87.3 cm³/mol. The monoisotopic (exact) mass is 327 g/mol. The standard InChI is InChI=1S/C18H21N3O3/c22-16-12-20(15-7-8-15)18(24)21(16)11-13-3-5-14(6-4-13)17(23)19-9-1-2-10-19/h3-6,15H,1-2,7-12H2. The van der Waals surface area contributed by atoms with Crippen LogP contribution in [0, 0.1) is 0 Å². The minimum absolute atomic E-state index is 0.0623. The Balaban J connectivity index is 1.42. The fourth-order valence-electron chi connectivity index (χ4n) is 3.43. The van der Waals surface area contributed by atoms with Crippen LogP contribution in [-0.4, -0.2) is 58.2 Å². The Morgan fingerprint density at radius 2 is 1.71 bits per heavy atom. The summed E-state index contributed by atoms with van der Waals surface area (Å²) in [6.07, 6.45) is 4.14. The second-order valence-electron chi connectivity index (χ2n) is 6.82. The highest BCUT2D eigenvalue weighted by atomic mass is 16.2. The summed E-state index contributed by atoms with van der Waals surface area (Å²) in [5, 5.41) is 0. The maximum atomic E-state index is 12.3.